The van der Waals surface area contributed by atoms with Gasteiger partial charge < -0.3 is 9.64 Å². The van der Waals surface area contributed by atoms with Gasteiger partial charge in [-0.05, 0) is 69.7 Å². The van der Waals surface area contributed by atoms with E-state index in [2.05, 4.69) is 71.7 Å². The summed E-state index contributed by atoms with van der Waals surface area (Å²) in [6.07, 6.45) is 4.49. The van der Waals surface area contributed by atoms with Crippen LogP contribution < -0.4 is 4.74 Å². The molecule has 0 fully saturated rings. The minimum atomic E-state index is 0.0372. The first-order chi connectivity index (χ1) is 19.7. The van der Waals surface area contributed by atoms with Crippen molar-refractivity contribution in [3.8, 4) is 5.75 Å². The molecule has 4 aromatic carbocycles. The fourth-order valence-corrected chi connectivity index (χ4v) is 5.36. The summed E-state index contributed by atoms with van der Waals surface area (Å²) >= 11 is 0. The predicted octanol–water partition coefficient (Wildman–Crippen LogP) is 7.24. The van der Waals surface area contributed by atoms with E-state index in [1.54, 1.807) is 6.08 Å². The van der Waals surface area contributed by atoms with Crippen LogP contribution in [0.4, 0.5) is 0 Å². The van der Waals surface area contributed by atoms with Gasteiger partial charge in [-0.2, -0.15) is 5.10 Å². The standard InChI is InChI=1S/C35H31N3O2/c1-2-32(26-11-7-4-8-12-26)35(28-15-18-33-29(21-28)23-36-37-33)27-13-16-31(17-14-27)40-20-19-38-24-30(22-34(38)39)25-9-5-3-6-10-25/h3-18,21-23H,2,19-20,24H2,1H3,(H,36,37)/b35-32+. The molecule has 0 unspecified atom stereocenters. The summed E-state index contributed by atoms with van der Waals surface area (Å²) < 4.78 is 6.07. The highest BCUT2D eigenvalue weighted by atomic mass is 16.5. The number of benzene rings is 4. The van der Waals surface area contributed by atoms with E-state index in [1.165, 1.54) is 16.7 Å². The number of rotatable bonds is 9. The molecule has 0 saturated heterocycles. The minimum absolute atomic E-state index is 0.0372. The molecular formula is C35H31N3O2. The molecule has 1 aliphatic heterocycles. The van der Waals surface area contributed by atoms with Crippen molar-refractivity contribution in [1.82, 2.24) is 15.1 Å². The zero-order valence-corrected chi connectivity index (χ0v) is 22.5. The van der Waals surface area contributed by atoms with Crippen molar-refractivity contribution in [2.45, 2.75) is 13.3 Å². The maximum Gasteiger partial charge on any atom is 0.247 e. The van der Waals surface area contributed by atoms with Crippen LogP contribution in [-0.4, -0.2) is 40.7 Å². The second kappa shape index (κ2) is 11.5. The second-order valence-electron chi connectivity index (χ2n) is 9.91. The number of ether oxygens (including phenoxy) is 1. The first-order valence-electron chi connectivity index (χ1n) is 13.7. The van der Waals surface area contributed by atoms with Gasteiger partial charge in [-0.15, -0.1) is 0 Å². The Bertz CT molecular complexity index is 1680. The van der Waals surface area contributed by atoms with E-state index < -0.39 is 0 Å². The van der Waals surface area contributed by atoms with Crippen molar-refractivity contribution in [3.63, 3.8) is 0 Å². The van der Waals surface area contributed by atoms with Crippen molar-refractivity contribution in [3.05, 3.63) is 138 Å². The summed E-state index contributed by atoms with van der Waals surface area (Å²) in [7, 11) is 0. The average molecular weight is 526 g/mol. The fraction of sp³-hybridized carbons (Fsp3) is 0.143. The van der Waals surface area contributed by atoms with E-state index in [1.807, 2.05) is 59.6 Å². The molecule has 0 atom stereocenters. The Morgan fingerprint density at radius 3 is 2.35 bits per heavy atom. The van der Waals surface area contributed by atoms with Crippen LogP contribution in [0.25, 0.3) is 27.6 Å². The zero-order valence-electron chi connectivity index (χ0n) is 22.5. The van der Waals surface area contributed by atoms with Crippen LogP contribution in [0.3, 0.4) is 0 Å². The number of allylic oxidation sites excluding steroid dienone is 1. The third-order valence-corrected chi connectivity index (χ3v) is 7.39. The molecule has 1 aromatic heterocycles. The van der Waals surface area contributed by atoms with Crippen molar-refractivity contribution < 1.29 is 9.53 Å². The zero-order chi connectivity index (χ0) is 27.3. The Labute approximate surface area is 234 Å². The van der Waals surface area contributed by atoms with Gasteiger partial charge in [-0.1, -0.05) is 85.8 Å². The van der Waals surface area contributed by atoms with Gasteiger partial charge >= 0.3 is 0 Å². The molecule has 0 saturated carbocycles. The lowest BCUT2D eigenvalue weighted by molar-refractivity contribution is -0.124. The van der Waals surface area contributed by atoms with E-state index >= 15 is 0 Å². The van der Waals surface area contributed by atoms with E-state index in [0.29, 0.717) is 19.7 Å². The molecule has 0 radical (unpaired) electrons. The van der Waals surface area contributed by atoms with Crippen LogP contribution in [0.15, 0.2) is 115 Å². The summed E-state index contributed by atoms with van der Waals surface area (Å²) in [4.78, 5) is 14.3. The maximum absolute atomic E-state index is 12.5. The highest BCUT2D eigenvalue weighted by Crippen LogP contribution is 2.36. The third-order valence-electron chi connectivity index (χ3n) is 7.39. The number of carbonyl (C=O) groups excluding carboxylic acids is 1. The van der Waals surface area contributed by atoms with Crippen molar-refractivity contribution in [2.24, 2.45) is 0 Å². The first kappa shape index (κ1) is 25.4. The number of H-pyrrole nitrogens is 1. The van der Waals surface area contributed by atoms with Crippen molar-refractivity contribution >= 4 is 33.5 Å². The largest absolute Gasteiger partial charge is 0.492 e. The summed E-state index contributed by atoms with van der Waals surface area (Å²) in [6, 6.07) is 35.3. The first-order valence-corrected chi connectivity index (χ1v) is 13.7. The topological polar surface area (TPSA) is 58.2 Å². The number of carbonyl (C=O) groups is 1. The maximum atomic E-state index is 12.5. The molecule has 198 valence electrons. The number of amides is 1. The number of nitrogens with one attached hydrogen (secondary N) is 1. The number of hydrogen-bond donors (Lipinski definition) is 1. The molecule has 0 bridgehead atoms. The monoisotopic (exact) mass is 525 g/mol. The molecule has 2 heterocycles. The number of aromatic nitrogens is 2. The second-order valence-corrected chi connectivity index (χ2v) is 9.91. The molecule has 1 aliphatic rings. The van der Waals surface area contributed by atoms with Gasteiger partial charge in [0.05, 0.1) is 18.3 Å². The summed E-state index contributed by atoms with van der Waals surface area (Å²) in [6.45, 7) is 3.79. The Balaban J connectivity index is 1.20. The molecule has 0 spiro atoms. The normalized spacial score (nSPS) is 13.9. The molecule has 5 nitrogen and oxygen atoms in total. The van der Waals surface area contributed by atoms with Crippen LogP contribution >= 0.6 is 0 Å². The lowest BCUT2D eigenvalue weighted by Crippen LogP contribution is -2.30. The molecule has 5 aromatic rings. The Kier molecular flexibility index (Phi) is 7.27. The Morgan fingerprint density at radius 2 is 1.60 bits per heavy atom. The van der Waals surface area contributed by atoms with Crippen LogP contribution in [0.5, 0.6) is 5.75 Å². The molecule has 1 amide bonds. The van der Waals surface area contributed by atoms with Crippen molar-refractivity contribution in [2.75, 3.05) is 19.7 Å². The van der Waals surface area contributed by atoms with Gasteiger partial charge in [0.15, 0.2) is 0 Å². The van der Waals surface area contributed by atoms with Crippen LogP contribution in [0.1, 0.15) is 35.6 Å². The molecule has 0 aliphatic carbocycles. The number of nitrogens with zero attached hydrogens (tertiary/aromatic N) is 2. The average Bonchev–Trinajstić information content (AvgIpc) is 3.63. The molecule has 1 N–H and O–H groups in total. The van der Waals surface area contributed by atoms with E-state index in [4.69, 9.17) is 4.74 Å². The summed E-state index contributed by atoms with van der Waals surface area (Å²) in [5, 5.41) is 8.34. The van der Waals surface area contributed by atoms with Crippen LogP contribution in [-0.2, 0) is 4.79 Å². The van der Waals surface area contributed by atoms with Crippen LogP contribution in [0.2, 0.25) is 0 Å². The molecular weight excluding hydrogens is 494 g/mol. The van der Waals surface area contributed by atoms with Crippen LogP contribution in [0, 0.1) is 0 Å². The SMILES string of the molecule is CC/C(=C(/c1ccc(OCCN2CC(c3ccccc3)=CC2=O)cc1)c1ccc2[nH]ncc2c1)c1ccccc1. The molecule has 6 rings (SSSR count). The molecule has 40 heavy (non-hydrogen) atoms. The Hall–Kier alpha value is -4.90. The van der Waals surface area contributed by atoms with Gasteiger partial charge in [-0.25, -0.2) is 0 Å². The third kappa shape index (κ3) is 5.32. The number of aromatic amines is 1. The minimum Gasteiger partial charge on any atom is -0.492 e. The van der Waals surface area contributed by atoms with Gasteiger partial charge in [0, 0.05) is 18.0 Å². The molecule has 5 heteroatoms. The summed E-state index contributed by atoms with van der Waals surface area (Å²) in [5.41, 5.74) is 9.14. The number of hydrogen-bond acceptors (Lipinski definition) is 3. The quantitative estimate of drug-likeness (QED) is 0.206. The Morgan fingerprint density at radius 1 is 0.875 bits per heavy atom. The van der Waals surface area contributed by atoms with Gasteiger partial charge in [0.25, 0.3) is 0 Å². The number of fused-ring (bicyclic) bond motifs is 1. The smallest absolute Gasteiger partial charge is 0.247 e. The van der Waals surface area contributed by atoms with E-state index in [0.717, 1.165) is 45.3 Å². The van der Waals surface area contributed by atoms with E-state index in [-0.39, 0.29) is 5.91 Å². The van der Waals surface area contributed by atoms with Crippen molar-refractivity contribution in [1.29, 1.82) is 0 Å². The predicted molar refractivity (Wildman–Crippen MR) is 162 cm³/mol. The fourth-order valence-electron chi connectivity index (χ4n) is 5.36. The van der Waals surface area contributed by atoms with Gasteiger partial charge in [0.1, 0.15) is 12.4 Å². The lowest BCUT2D eigenvalue weighted by atomic mass is 9.88. The highest BCUT2D eigenvalue weighted by molar-refractivity contribution is 6.01. The van der Waals surface area contributed by atoms with E-state index in [9.17, 15) is 4.79 Å². The lowest BCUT2D eigenvalue weighted by Gasteiger charge is -2.18. The van der Waals surface area contributed by atoms with Gasteiger partial charge in [-0.3, -0.25) is 9.89 Å². The highest BCUT2D eigenvalue weighted by Gasteiger charge is 2.22. The summed E-state index contributed by atoms with van der Waals surface area (Å²) in [5.74, 6) is 0.823. The van der Waals surface area contributed by atoms with Gasteiger partial charge in [0.2, 0.25) is 5.91 Å².